The van der Waals surface area contributed by atoms with Crippen LogP contribution in [0.15, 0.2) is 0 Å². The van der Waals surface area contributed by atoms with E-state index in [0.717, 1.165) is 32.5 Å². The molecule has 122 valence electrons. The Balaban J connectivity index is 2.23. The van der Waals surface area contributed by atoms with Gasteiger partial charge >= 0.3 is 12.0 Å². The lowest BCUT2D eigenvalue weighted by Gasteiger charge is -2.39. The van der Waals surface area contributed by atoms with E-state index in [2.05, 4.69) is 24.2 Å². The first-order valence-electron chi connectivity index (χ1n) is 7.88. The van der Waals surface area contributed by atoms with Crippen LogP contribution in [0.2, 0.25) is 0 Å². The molecule has 2 unspecified atom stereocenters. The van der Waals surface area contributed by atoms with Crippen molar-refractivity contribution in [3.8, 4) is 0 Å². The van der Waals surface area contributed by atoms with Crippen molar-refractivity contribution >= 4 is 12.0 Å². The van der Waals surface area contributed by atoms with Gasteiger partial charge in [0.2, 0.25) is 0 Å². The molecule has 21 heavy (non-hydrogen) atoms. The second-order valence-corrected chi connectivity index (χ2v) is 6.05. The number of rotatable bonds is 7. The number of piperazine rings is 1. The van der Waals surface area contributed by atoms with E-state index < -0.39 is 5.97 Å². The molecular formula is C15H29N3O3. The zero-order valence-corrected chi connectivity index (χ0v) is 13.5. The molecule has 1 saturated heterocycles. The third kappa shape index (κ3) is 6.33. The molecule has 0 bridgehead atoms. The number of hydrogen-bond acceptors (Lipinski definition) is 3. The summed E-state index contributed by atoms with van der Waals surface area (Å²) < 4.78 is 0. The lowest BCUT2D eigenvalue weighted by atomic mass is 10.0. The highest BCUT2D eigenvalue weighted by molar-refractivity contribution is 5.74. The minimum Gasteiger partial charge on any atom is -0.481 e. The van der Waals surface area contributed by atoms with Gasteiger partial charge in [0.1, 0.15) is 0 Å². The quantitative estimate of drug-likeness (QED) is 0.749. The summed E-state index contributed by atoms with van der Waals surface area (Å²) in [4.78, 5) is 26.8. The maximum Gasteiger partial charge on any atom is 0.317 e. The van der Waals surface area contributed by atoms with Crippen LogP contribution >= 0.6 is 0 Å². The van der Waals surface area contributed by atoms with Gasteiger partial charge in [-0.2, -0.15) is 0 Å². The van der Waals surface area contributed by atoms with Gasteiger partial charge in [0.25, 0.3) is 0 Å². The Morgan fingerprint density at radius 3 is 2.67 bits per heavy atom. The molecule has 2 amide bonds. The van der Waals surface area contributed by atoms with Gasteiger partial charge in [-0.15, -0.1) is 0 Å². The molecule has 1 aliphatic heterocycles. The summed E-state index contributed by atoms with van der Waals surface area (Å²) in [7, 11) is 2.10. The van der Waals surface area contributed by atoms with Gasteiger partial charge in [-0.25, -0.2) is 4.79 Å². The largest absolute Gasteiger partial charge is 0.481 e. The highest BCUT2D eigenvalue weighted by Gasteiger charge is 2.25. The van der Waals surface area contributed by atoms with E-state index in [1.807, 2.05) is 11.8 Å². The topological polar surface area (TPSA) is 72.9 Å². The first kappa shape index (κ1) is 17.8. The van der Waals surface area contributed by atoms with Crippen LogP contribution < -0.4 is 5.32 Å². The highest BCUT2D eigenvalue weighted by atomic mass is 16.4. The predicted octanol–water partition coefficient (Wildman–Crippen LogP) is 1.61. The van der Waals surface area contributed by atoms with Gasteiger partial charge in [0.05, 0.1) is 0 Å². The number of nitrogens with one attached hydrogen (secondary N) is 1. The molecule has 0 aromatic carbocycles. The van der Waals surface area contributed by atoms with Crippen LogP contribution in [-0.4, -0.2) is 66.2 Å². The molecule has 6 heteroatoms. The summed E-state index contributed by atoms with van der Waals surface area (Å²) in [5.41, 5.74) is 0. The fourth-order valence-electron chi connectivity index (χ4n) is 2.62. The second kappa shape index (κ2) is 8.87. The molecule has 1 fully saturated rings. The second-order valence-electron chi connectivity index (χ2n) is 6.05. The van der Waals surface area contributed by atoms with Crippen LogP contribution in [0.4, 0.5) is 4.79 Å². The SMILES string of the molecule is CCC1CN(C(=O)NCCC(C)CCC(=O)O)CCN1C. The summed E-state index contributed by atoms with van der Waals surface area (Å²) in [5, 5.41) is 11.6. The van der Waals surface area contributed by atoms with Gasteiger partial charge in [-0.05, 0) is 32.2 Å². The third-order valence-electron chi connectivity index (χ3n) is 4.30. The van der Waals surface area contributed by atoms with Gasteiger partial charge < -0.3 is 15.3 Å². The molecule has 2 atom stereocenters. The molecule has 0 aliphatic carbocycles. The van der Waals surface area contributed by atoms with Crippen LogP contribution in [0.3, 0.4) is 0 Å². The first-order valence-corrected chi connectivity index (χ1v) is 7.88. The zero-order chi connectivity index (χ0) is 15.8. The van der Waals surface area contributed by atoms with Crippen molar-refractivity contribution in [3.05, 3.63) is 0 Å². The number of carboxylic acid groups (broad SMARTS) is 1. The van der Waals surface area contributed by atoms with Gasteiger partial charge in [-0.3, -0.25) is 9.69 Å². The van der Waals surface area contributed by atoms with Crippen molar-refractivity contribution in [3.63, 3.8) is 0 Å². The summed E-state index contributed by atoms with van der Waals surface area (Å²) >= 11 is 0. The molecule has 0 aromatic heterocycles. The molecule has 6 nitrogen and oxygen atoms in total. The van der Waals surface area contributed by atoms with E-state index in [0.29, 0.717) is 24.9 Å². The molecule has 0 saturated carbocycles. The van der Waals surface area contributed by atoms with E-state index in [9.17, 15) is 9.59 Å². The average Bonchev–Trinajstić information content (AvgIpc) is 2.45. The number of likely N-dealkylation sites (N-methyl/N-ethyl adjacent to an activating group) is 1. The molecule has 0 aromatic rings. The number of carbonyl (C=O) groups is 2. The van der Waals surface area contributed by atoms with Crippen LogP contribution in [0.25, 0.3) is 0 Å². The van der Waals surface area contributed by atoms with Crippen LogP contribution in [0.5, 0.6) is 0 Å². The summed E-state index contributed by atoms with van der Waals surface area (Å²) in [5.74, 6) is -0.439. The van der Waals surface area contributed by atoms with E-state index in [4.69, 9.17) is 5.11 Å². The average molecular weight is 299 g/mol. The summed E-state index contributed by atoms with van der Waals surface area (Å²) in [6, 6.07) is 0.450. The zero-order valence-electron chi connectivity index (χ0n) is 13.5. The fraction of sp³-hybridized carbons (Fsp3) is 0.867. The van der Waals surface area contributed by atoms with E-state index >= 15 is 0 Å². The lowest BCUT2D eigenvalue weighted by molar-refractivity contribution is -0.137. The number of carbonyl (C=O) groups excluding carboxylic acids is 1. The summed E-state index contributed by atoms with van der Waals surface area (Å²) in [6.45, 7) is 7.26. The number of hydrogen-bond donors (Lipinski definition) is 2. The number of aliphatic carboxylic acids is 1. The van der Waals surface area contributed by atoms with Crippen molar-refractivity contribution in [1.29, 1.82) is 0 Å². The highest BCUT2D eigenvalue weighted by Crippen LogP contribution is 2.12. The van der Waals surface area contributed by atoms with Gasteiger partial charge in [0, 0.05) is 38.6 Å². The number of urea groups is 1. The van der Waals surface area contributed by atoms with Gasteiger partial charge in [0.15, 0.2) is 0 Å². The molecule has 2 N–H and O–H groups in total. The Bertz CT molecular complexity index is 349. The van der Waals surface area contributed by atoms with Crippen molar-refractivity contribution < 1.29 is 14.7 Å². The maximum atomic E-state index is 12.1. The molecular weight excluding hydrogens is 270 g/mol. The maximum absolute atomic E-state index is 12.1. The van der Waals surface area contributed by atoms with Crippen LogP contribution in [0, 0.1) is 5.92 Å². The van der Waals surface area contributed by atoms with E-state index in [-0.39, 0.29) is 12.5 Å². The lowest BCUT2D eigenvalue weighted by Crippen LogP contribution is -2.55. The molecule has 1 aliphatic rings. The molecule has 1 heterocycles. The summed E-state index contributed by atoms with van der Waals surface area (Å²) in [6.07, 6.45) is 2.74. The number of nitrogens with zero attached hydrogens (tertiary/aromatic N) is 2. The predicted molar refractivity (Wildman–Crippen MR) is 82.3 cm³/mol. The van der Waals surface area contributed by atoms with Crippen molar-refractivity contribution in [1.82, 2.24) is 15.1 Å². The van der Waals surface area contributed by atoms with Crippen molar-refractivity contribution in [2.24, 2.45) is 5.92 Å². The monoisotopic (exact) mass is 299 g/mol. The standard InChI is InChI=1S/C15H29N3O3/c1-4-13-11-18(10-9-17(13)3)15(21)16-8-7-12(2)5-6-14(19)20/h12-13H,4-11H2,1-3H3,(H,16,21)(H,19,20). The Hall–Kier alpha value is -1.30. The van der Waals surface area contributed by atoms with E-state index in [1.165, 1.54) is 0 Å². The molecule has 0 spiro atoms. The Morgan fingerprint density at radius 1 is 1.33 bits per heavy atom. The number of amides is 2. The minimum absolute atomic E-state index is 0.00647. The van der Waals surface area contributed by atoms with Gasteiger partial charge in [-0.1, -0.05) is 13.8 Å². The normalized spacial score (nSPS) is 21.1. The Labute approximate surface area is 127 Å². The Morgan fingerprint density at radius 2 is 2.05 bits per heavy atom. The Kier molecular flexibility index (Phi) is 7.50. The van der Waals surface area contributed by atoms with E-state index in [1.54, 1.807) is 0 Å². The molecule has 1 rings (SSSR count). The molecule has 0 radical (unpaired) electrons. The minimum atomic E-state index is -0.756. The number of carboxylic acids is 1. The first-order chi connectivity index (χ1) is 9.93. The third-order valence-corrected chi connectivity index (χ3v) is 4.30. The van der Waals surface area contributed by atoms with Crippen LogP contribution in [-0.2, 0) is 4.79 Å². The van der Waals surface area contributed by atoms with Crippen LogP contribution in [0.1, 0.15) is 39.5 Å². The smallest absolute Gasteiger partial charge is 0.317 e. The van der Waals surface area contributed by atoms with Crippen molar-refractivity contribution in [2.75, 3.05) is 33.2 Å². The van der Waals surface area contributed by atoms with Crippen molar-refractivity contribution in [2.45, 2.75) is 45.6 Å². The fourth-order valence-corrected chi connectivity index (χ4v) is 2.62.